The van der Waals surface area contributed by atoms with E-state index in [0.29, 0.717) is 19.0 Å². The van der Waals surface area contributed by atoms with Crippen LogP contribution in [-0.4, -0.2) is 52.6 Å². The average Bonchev–Trinajstić information content (AvgIpc) is 3.34. The van der Waals surface area contributed by atoms with E-state index in [1.165, 1.54) is 31.4 Å². The Labute approximate surface area is 209 Å². The number of piperidine rings is 1. The molecule has 2 fully saturated rings. The fourth-order valence-electron chi connectivity index (χ4n) is 5.06. The van der Waals surface area contributed by atoms with Gasteiger partial charge in [-0.1, -0.05) is 24.4 Å². The van der Waals surface area contributed by atoms with Crippen molar-refractivity contribution in [2.75, 3.05) is 13.1 Å². The molecule has 2 heterocycles. The lowest BCUT2D eigenvalue weighted by atomic mass is 9.86. The van der Waals surface area contributed by atoms with Crippen LogP contribution in [0, 0.1) is 28.9 Å². The lowest BCUT2D eigenvalue weighted by molar-refractivity contribution is -0.129. The molecule has 36 heavy (non-hydrogen) atoms. The van der Waals surface area contributed by atoms with Crippen molar-refractivity contribution in [3.63, 3.8) is 0 Å². The minimum Gasteiger partial charge on any atom is -0.355 e. The Morgan fingerprint density at radius 3 is 2.61 bits per heavy atom. The Kier molecular flexibility index (Phi) is 7.69. The van der Waals surface area contributed by atoms with Crippen molar-refractivity contribution < 1.29 is 22.9 Å². The largest absolute Gasteiger partial charge is 0.355 e. The van der Waals surface area contributed by atoms with Crippen molar-refractivity contribution in [1.82, 2.24) is 20.7 Å². The number of nitrogens with one attached hydrogen (secondary N) is 2. The highest BCUT2D eigenvalue weighted by molar-refractivity contribution is 5.94. The predicted octanol–water partition coefficient (Wildman–Crippen LogP) is 3.79. The minimum absolute atomic E-state index is 0.00479. The second kappa shape index (κ2) is 10.7. The minimum atomic E-state index is -1.04. The standard InChI is InChI=1S/C26H31F2N5O3/c1-26(2,15-29)31-24(34)19-14-33(17-6-4-3-5-7-17)11-10-21(19)30-25(35)22-13-23(36-32-22)18-9-8-16(27)12-20(18)28/h8-9,12-13,17,19,21H,3-7,10-11,14H2,1-2H3,(H,30,35)(H,31,34)/t19-,21-/m0/s1. The van der Waals surface area contributed by atoms with Crippen LogP contribution in [0.25, 0.3) is 11.3 Å². The Morgan fingerprint density at radius 1 is 1.17 bits per heavy atom. The normalized spacial score (nSPS) is 21.5. The van der Waals surface area contributed by atoms with Crippen molar-refractivity contribution in [2.45, 2.75) is 70.0 Å². The van der Waals surface area contributed by atoms with Crippen molar-refractivity contribution in [3.05, 3.63) is 41.6 Å². The van der Waals surface area contributed by atoms with Gasteiger partial charge in [0.15, 0.2) is 11.5 Å². The maximum atomic E-state index is 14.1. The molecular formula is C26H31F2N5O3. The predicted molar refractivity (Wildman–Crippen MR) is 127 cm³/mol. The number of carbonyl (C=O) groups is 2. The van der Waals surface area contributed by atoms with Gasteiger partial charge in [0, 0.05) is 37.3 Å². The molecule has 0 radical (unpaired) electrons. The quantitative estimate of drug-likeness (QED) is 0.626. The summed E-state index contributed by atoms with van der Waals surface area (Å²) in [5, 5.41) is 18.8. The first-order chi connectivity index (χ1) is 17.2. The van der Waals surface area contributed by atoms with Gasteiger partial charge in [-0.25, -0.2) is 8.78 Å². The summed E-state index contributed by atoms with van der Waals surface area (Å²) in [6.07, 6.45) is 6.31. The third-order valence-electron chi connectivity index (χ3n) is 7.04. The summed E-state index contributed by atoms with van der Waals surface area (Å²) in [4.78, 5) is 28.6. The molecule has 1 saturated heterocycles. The van der Waals surface area contributed by atoms with E-state index in [1.54, 1.807) is 13.8 Å². The van der Waals surface area contributed by atoms with Crippen LogP contribution in [0.4, 0.5) is 8.78 Å². The van der Waals surface area contributed by atoms with Gasteiger partial charge in [-0.2, -0.15) is 5.26 Å². The summed E-state index contributed by atoms with van der Waals surface area (Å²) in [7, 11) is 0. The van der Waals surface area contributed by atoms with Crippen molar-refractivity contribution in [3.8, 4) is 17.4 Å². The summed E-state index contributed by atoms with van der Waals surface area (Å²) in [5.74, 6) is -2.96. The van der Waals surface area contributed by atoms with E-state index < -0.39 is 35.0 Å². The molecule has 2 amide bonds. The lowest BCUT2D eigenvalue weighted by Crippen LogP contribution is -2.59. The van der Waals surface area contributed by atoms with E-state index >= 15 is 0 Å². The number of hydrogen-bond donors (Lipinski definition) is 2. The highest BCUT2D eigenvalue weighted by Crippen LogP contribution is 2.29. The van der Waals surface area contributed by atoms with Crippen LogP contribution in [0.3, 0.4) is 0 Å². The molecular weight excluding hydrogens is 468 g/mol. The van der Waals surface area contributed by atoms with Gasteiger partial charge in [0.1, 0.15) is 17.2 Å². The molecule has 4 rings (SSSR count). The number of rotatable bonds is 6. The number of carbonyl (C=O) groups excluding carboxylic acids is 2. The molecule has 1 aliphatic carbocycles. The molecule has 2 aromatic rings. The Morgan fingerprint density at radius 2 is 1.92 bits per heavy atom. The number of nitriles is 1. The maximum Gasteiger partial charge on any atom is 0.273 e. The topological polar surface area (TPSA) is 111 Å². The molecule has 0 spiro atoms. The van der Waals surface area contributed by atoms with Crippen molar-refractivity contribution in [2.24, 2.45) is 5.92 Å². The van der Waals surface area contributed by atoms with Gasteiger partial charge in [-0.05, 0) is 45.2 Å². The highest BCUT2D eigenvalue weighted by atomic mass is 19.1. The van der Waals surface area contributed by atoms with Crippen LogP contribution < -0.4 is 10.6 Å². The second-order valence-electron chi connectivity index (χ2n) is 10.2. The third-order valence-corrected chi connectivity index (χ3v) is 7.04. The number of hydrogen-bond acceptors (Lipinski definition) is 6. The van der Waals surface area contributed by atoms with Gasteiger partial charge >= 0.3 is 0 Å². The number of benzene rings is 1. The van der Waals surface area contributed by atoms with E-state index in [4.69, 9.17) is 4.52 Å². The van der Waals surface area contributed by atoms with Crippen LogP contribution >= 0.6 is 0 Å². The number of likely N-dealkylation sites (tertiary alicyclic amines) is 1. The molecule has 0 unspecified atom stereocenters. The molecule has 1 aromatic heterocycles. The first-order valence-electron chi connectivity index (χ1n) is 12.4. The van der Waals surface area contributed by atoms with Crippen molar-refractivity contribution >= 4 is 11.8 Å². The summed E-state index contributed by atoms with van der Waals surface area (Å²) < 4.78 is 32.5. The summed E-state index contributed by atoms with van der Waals surface area (Å²) in [5.41, 5.74) is -1.13. The van der Waals surface area contributed by atoms with E-state index in [-0.39, 0.29) is 22.9 Å². The molecule has 2 atom stereocenters. The van der Waals surface area contributed by atoms with Crippen LogP contribution in [0.1, 0.15) is 62.9 Å². The van der Waals surface area contributed by atoms with Gasteiger partial charge in [0.2, 0.25) is 5.91 Å². The van der Waals surface area contributed by atoms with Crippen LogP contribution in [0.5, 0.6) is 0 Å². The molecule has 0 bridgehead atoms. The number of amides is 2. The van der Waals surface area contributed by atoms with E-state index in [1.807, 2.05) is 0 Å². The van der Waals surface area contributed by atoms with Crippen LogP contribution in [0.2, 0.25) is 0 Å². The second-order valence-corrected chi connectivity index (χ2v) is 10.2. The third kappa shape index (κ3) is 5.90. The van der Waals surface area contributed by atoms with E-state index in [0.717, 1.165) is 31.5 Å². The van der Waals surface area contributed by atoms with Gasteiger partial charge < -0.3 is 15.2 Å². The molecule has 10 heteroatoms. The van der Waals surface area contributed by atoms with Gasteiger partial charge in [0.25, 0.3) is 5.91 Å². The van der Waals surface area contributed by atoms with Gasteiger partial charge in [0.05, 0.1) is 17.6 Å². The monoisotopic (exact) mass is 499 g/mol. The first-order valence-corrected chi connectivity index (χ1v) is 12.4. The van der Waals surface area contributed by atoms with Crippen molar-refractivity contribution in [1.29, 1.82) is 5.26 Å². The Balaban J connectivity index is 1.49. The molecule has 1 aliphatic heterocycles. The SMILES string of the molecule is CC(C)(C#N)NC(=O)[C@H]1CN(C2CCCCC2)CC[C@@H]1NC(=O)c1cc(-c2ccc(F)cc2F)on1. The maximum absolute atomic E-state index is 14.1. The van der Waals surface area contributed by atoms with Gasteiger partial charge in [-0.3, -0.25) is 14.5 Å². The first kappa shape index (κ1) is 25.8. The molecule has 1 saturated carbocycles. The smallest absolute Gasteiger partial charge is 0.273 e. The summed E-state index contributed by atoms with van der Waals surface area (Å²) >= 11 is 0. The van der Waals surface area contributed by atoms with E-state index in [9.17, 15) is 23.6 Å². The highest BCUT2D eigenvalue weighted by Gasteiger charge is 2.39. The lowest BCUT2D eigenvalue weighted by Gasteiger charge is -2.43. The van der Waals surface area contributed by atoms with Gasteiger partial charge in [-0.15, -0.1) is 0 Å². The molecule has 2 N–H and O–H groups in total. The van der Waals surface area contributed by atoms with E-state index in [2.05, 4.69) is 26.8 Å². The van der Waals surface area contributed by atoms with Crippen LogP contribution in [-0.2, 0) is 4.79 Å². The Bertz CT molecular complexity index is 1150. The zero-order valence-corrected chi connectivity index (χ0v) is 20.5. The summed E-state index contributed by atoms with van der Waals surface area (Å²) in [6.45, 7) is 4.48. The zero-order valence-electron chi connectivity index (χ0n) is 20.5. The number of halogens is 2. The fraction of sp³-hybridized carbons (Fsp3) is 0.538. The van der Waals surface area contributed by atoms with Crippen LogP contribution in [0.15, 0.2) is 28.8 Å². The number of nitrogens with zero attached hydrogens (tertiary/aromatic N) is 3. The fourth-order valence-corrected chi connectivity index (χ4v) is 5.06. The Hall–Kier alpha value is -3.32. The molecule has 2 aliphatic rings. The number of aromatic nitrogens is 1. The molecule has 192 valence electrons. The molecule has 1 aromatic carbocycles. The molecule has 8 nitrogen and oxygen atoms in total. The zero-order chi connectivity index (χ0) is 25.9. The average molecular weight is 500 g/mol. The summed E-state index contributed by atoms with van der Waals surface area (Å²) in [6, 6.07) is 6.34.